The molecule has 0 radical (unpaired) electrons. The molecule has 1 aliphatic rings. The zero-order valence-electron chi connectivity index (χ0n) is 15.6. The molecule has 7 nitrogen and oxygen atoms in total. The van der Waals surface area contributed by atoms with Gasteiger partial charge in [-0.05, 0) is 50.6 Å². The highest BCUT2D eigenvalue weighted by molar-refractivity contribution is 6.03. The van der Waals surface area contributed by atoms with Gasteiger partial charge in [0.1, 0.15) is 5.82 Å². The van der Waals surface area contributed by atoms with E-state index in [0.717, 1.165) is 37.2 Å². The normalized spacial score (nSPS) is 16.2. The zero-order chi connectivity index (χ0) is 18.6. The maximum atomic E-state index is 12.6. The summed E-state index contributed by atoms with van der Waals surface area (Å²) < 4.78 is 1.89. The van der Waals surface area contributed by atoms with Crippen molar-refractivity contribution in [1.82, 2.24) is 25.1 Å². The molecule has 0 spiro atoms. The molecule has 2 N–H and O–H groups in total. The average Bonchev–Trinajstić information content (AvgIpc) is 3.19. The quantitative estimate of drug-likeness (QED) is 0.704. The minimum absolute atomic E-state index is 0. The van der Waals surface area contributed by atoms with Crippen molar-refractivity contribution in [2.24, 2.45) is 0 Å². The van der Waals surface area contributed by atoms with E-state index in [0.29, 0.717) is 23.2 Å². The van der Waals surface area contributed by atoms with E-state index < -0.39 is 0 Å². The summed E-state index contributed by atoms with van der Waals surface area (Å²) in [5, 5.41) is 10.8. The second-order valence-electron chi connectivity index (χ2n) is 6.71. The fraction of sp³-hybridized carbons (Fsp3) is 0.300. The molecule has 3 aromatic rings. The van der Waals surface area contributed by atoms with Crippen LogP contribution in [0.15, 0.2) is 48.8 Å². The van der Waals surface area contributed by atoms with Gasteiger partial charge in [-0.25, -0.2) is 9.97 Å². The smallest absolute Gasteiger partial charge is 0.276 e. The standard InChI is InChI=1S/C20H22N6O.ClH/c1-14-22-10-7-18(23-14)15-4-2-5-16(12-15)24-20(27)19-8-11-26(25-19)17-6-3-9-21-13-17;/h2,4-5,7-8,10-12,17,21H,3,6,9,13H2,1H3,(H,24,27);1H. The molecule has 1 saturated heterocycles. The van der Waals surface area contributed by atoms with Crippen LogP contribution in [0.2, 0.25) is 0 Å². The molecule has 2 aromatic heterocycles. The van der Waals surface area contributed by atoms with Crippen LogP contribution in [0.3, 0.4) is 0 Å². The van der Waals surface area contributed by atoms with E-state index >= 15 is 0 Å². The van der Waals surface area contributed by atoms with Crippen LogP contribution in [0.4, 0.5) is 5.69 Å². The lowest BCUT2D eigenvalue weighted by atomic mass is 10.1. The van der Waals surface area contributed by atoms with Crippen molar-refractivity contribution in [3.63, 3.8) is 0 Å². The minimum atomic E-state index is -0.214. The van der Waals surface area contributed by atoms with Crippen molar-refractivity contribution < 1.29 is 4.79 Å². The molecule has 0 aliphatic carbocycles. The van der Waals surface area contributed by atoms with Crippen LogP contribution < -0.4 is 10.6 Å². The first-order valence-corrected chi connectivity index (χ1v) is 9.16. The first kappa shape index (κ1) is 20.0. The highest BCUT2D eigenvalue weighted by atomic mass is 35.5. The molecule has 1 atom stereocenters. The lowest BCUT2D eigenvalue weighted by molar-refractivity contribution is 0.102. The summed E-state index contributed by atoms with van der Waals surface area (Å²) in [6.45, 7) is 3.80. The summed E-state index contributed by atoms with van der Waals surface area (Å²) in [6.07, 6.45) is 5.82. The van der Waals surface area contributed by atoms with Gasteiger partial charge in [0.05, 0.1) is 11.7 Å². The molecule has 1 aromatic carbocycles. The largest absolute Gasteiger partial charge is 0.321 e. The summed E-state index contributed by atoms with van der Waals surface area (Å²) in [5.74, 6) is 0.498. The Bertz CT molecular complexity index is 951. The number of carbonyl (C=O) groups is 1. The fourth-order valence-corrected chi connectivity index (χ4v) is 3.29. The third-order valence-corrected chi connectivity index (χ3v) is 4.68. The van der Waals surface area contributed by atoms with Gasteiger partial charge in [0.2, 0.25) is 0 Å². The van der Waals surface area contributed by atoms with Gasteiger partial charge in [0.15, 0.2) is 5.69 Å². The summed E-state index contributed by atoms with van der Waals surface area (Å²) >= 11 is 0. The molecular weight excluding hydrogens is 376 g/mol. The van der Waals surface area contributed by atoms with Crippen LogP contribution in [-0.4, -0.2) is 38.7 Å². The SMILES string of the molecule is Cc1nccc(-c2cccc(NC(=O)c3ccn(C4CCCNC4)n3)c2)n1.Cl. The molecule has 0 saturated carbocycles. The summed E-state index contributed by atoms with van der Waals surface area (Å²) in [7, 11) is 0. The number of nitrogens with one attached hydrogen (secondary N) is 2. The fourth-order valence-electron chi connectivity index (χ4n) is 3.29. The number of benzene rings is 1. The number of carbonyl (C=O) groups excluding carboxylic acids is 1. The maximum Gasteiger partial charge on any atom is 0.276 e. The molecule has 3 heterocycles. The van der Waals surface area contributed by atoms with E-state index in [1.54, 1.807) is 12.3 Å². The van der Waals surface area contributed by atoms with Crippen molar-refractivity contribution in [2.45, 2.75) is 25.8 Å². The summed E-state index contributed by atoms with van der Waals surface area (Å²) in [6, 6.07) is 11.6. The lowest BCUT2D eigenvalue weighted by Gasteiger charge is -2.22. The Morgan fingerprint density at radius 2 is 2.18 bits per heavy atom. The molecule has 1 amide bonds. The predicted molar refractivity (Wildman–Crippen MR) is 111 cm³/mol. The second-order valence-corrected chi connectivity index (χ2v) is 6.71. The Balaban J connectivity index is 0.00000225. The van der Waals surface area contributed by atoms with Crippen LogP contribution in [0.25, 0.3) is 11.3 Å². The van der Waals surface area contributed by atoms with E-state index in [2.05, 4.69) is 25.7 Å². The Morgan fingerprint density at radius 3 is 2.96 bits per heavy atom. The number of amides is 1. The Labute approximate surface area is 170 Å². The lowest BCUT2D eigenvalue weighted by Crippen LogP contribution is -2.32. The van der Waals surface area contributed by atoms with E-state index in [4.69, 9.17) is 0 Å². The number of rotatable bonds is 4. The molecule has 146 valence electrons. The van der Waals surface area contributed by atoms with Crippen molar-refractivity contribution >= 4 is 24.0 Å². The number of nitrogens with zero attached hydrogens (tertiary/aromatic N) is 4. The molecule has 1 unspecified atom stereocenters. The van der Waals surface area contributed by atoms with Gasteiger partial charge in [-0.2, -0.15) is 5.10 Å². The molecule has 8 heteroatoms. The number of hydrogen-bond donors (Lipinski definition) is 2. The number of hydrogen-bond acceptors (Lipinski definition) is 5. The van der Waals surface area contributed by atoms with Crippen molar-refractivity contribution in [3.8, 4) is 11.3 Å². The second kappa shape index (κ2) is 8.95. The Kier molecular flexibility index (Phi) is 6.38. The van der Waals surface area contributed by atoms with Gasteiger partial charge < -0.3 is 10.6 Å². The predicted octanol–water partition coefficient (Wildman–Crippen LogP) is 3.25. The first-order chi connectivity index (χ1) is 13.2. The molecule has 28 heavy (non-hydrogen) atoms. The number of aryl methyl sites for hydroxylation is 1. The first-order valence-electron chi connectivity index (χ1n) is 9.16. The van der Waals surface area contributed by atoms with Gasteiger partial charge in [0, 0.05) is 30.2 Å². The molecule has 0 bridgehead atoms. The number of aromatic nitrogens is 4. The van der Waals surface area contributed by atoms with Gasteiger partial charge in [0.25, 0.3) is 5.91 Å². The van der Waals surface area contributed by atoms with Crippen molar-refractivity contribution in [1.29, 1.82) is 0 Å². The maximum absolute atomic E-state index is 12.6. The van der Waals surface area contributed by atoms with Gasteiger partial charge in [-0.3, -0.25) is 9.48 Å². The molecule has 1 aliphatic heterocycles. The summed E-state index contributed by atoms with van der Waals surface area (Å²) in [4.78, 5) is 21.1. The molecular formula is C20H23ClN6O. The molecule has 4 rings (SSSR count). The van der Waals surface area contributed by atoms with Crippen molar-refractivity contribution in [3.05, 3.63) is 60.3 Å². The topological polar surface area (TPSA) is 84.7 Å². The highest BCUT2D eigenvalue weighted by Gasteiger charge is 2.18. The number of piperidine rings is 1. The third kappa shape index (κ3) is 4.55. The van der Waals surface area contributed by atoms with E-state index in [-0.39, 0.29) is 18.3 Å². The van der Waals surface area contributed by atoms with Crippen LogP contribution in [-0.2, 0) is 0 Å². The van der Waals surface area contributed by atoms with E-state index in [9.17, 15) is 4.79 Å². The summed E-state index contributed by atoms with van der Waals surface area (Å²) in [5.41, 5.74) is 2.89. The van der Waals surface area contributed by atoms with Crippen molar-refractivity contribution in [2.75, 3.05) is 18.4 Å². The average molecular weight is 399 g/mol. The Morgan fingerprint density at radius 1 is 1.29 bits per heavy atom. The van der Waals surface area contributed by atoms with Crippen LogP contribution in [0.1, 0.15) is 35.2 Å². The van der Waals surface area contributed by atoms with Crippen LogP contribution in [0, 0.1) is 6.92 Å². The minimum Gasteiger partial charge on any atom is -0.321 e. The van der Waals surface area contributed by atoms with Crippen LogP contribution >= 0.6 is 12.4 Å². The zero-order valence-corrected chi connectivity index (χ0v) is 16.4. The van der Waals surface area contributed by atoms with Crippen LogP contribution in [0.5, 0.6) is 0 Å². The van der Waals surface area contributed by atoms with E-state index in [1.807, 2.05) is 48.1 Å². The van der Waals surface area contributed by atoms with Gasteiger partial charge in [-0.1, -0.05) is 12.1 Å². The van der Waals surface area contributed by atoms with Gasteiger partial charge >= 0.3 is 0 Å². The Hall–Kier alpha value is -2.77. The van der Waals surface area contributed by atoms with E-state index in [1.165, 1.54) is 0 Å². The third-order valence-electron chi connectivity index (χ3n) is 4.68. The molecule has 1 fully saturated rings. The van der Waals surface area contributed by atoms with Gasteiger partial charge in [-0.15, -0.1) is 12.4 Å². The number of anilines is 1. The monoisotopic (exact) mass is 398 g/mol. The highest BCUT2D eigenvalue weighted by Crippen LogP contribution is 2.21. The number of halogens is 1.